The number of aromatic nitrogens is 5. The summed E-state index contributed by atoms with van der Waals surface area (Å²) in [6, 6.07) is 26.9. The van der Waals surface area contributed by atoms with Gasteiger partial charge in [0.15, 0.2) is 0 Å². The molecule has 0 bridgehead atoms. The van der Waals surface area contributed by atoms with Crippen LogP contribution < -0.4 is 10.1 Å². The Kier molecular flexibility index (Phi) is 10.5. The molecular formula is C40H42F2N8O2. The Morgan fingerprint density at radius 3 is 2.44 bits per heavy atom. The predicted octanol–water partition coefficient (Wildman–Crippen LogP) is 6.98. The fraction of sp³-hybridized carbons (Fsp3) is 0.300. The van der Waals surface area contributed by atoms with Crippen LogP contribution in [0.3, 0.4) is 0 Å². The van der Waals surface area contributed by atoms with Gasteiger partial charge in [0.2, 0.25) is 5.95 Å². The number of likely N-dealkylation sites (N-methyl/N-ethyl adjacent to an activating group) is 1. The van der Waals surface area contributed by atoms with Crippen LogP contribution in [-0.2, 0) is 6.54 Å². The summed E-state index contributed by atoms with van der Waals surface area (Å²) in [6.07, 6.45) is 4.29. The van der Waals surface area contributed by atoms with Crippen molar-refractivity contribution in [2.45, 2.75) is 37.8 Å². The first-order chi connectivity index (χ1) is 25.3. The van der Waals surface area contributed by atoms with E-state index < -0.39 is 0 Å². The average molecular weight is 705 g/mol. The molecule has 1 unspecified atom stereocenters. The molecule has 1 aliphatic heterocycles. The molecule has 2 N–H and O–H groups in total. The molecule has 1 fully saturated rings. The van der Waals surface area contributed by atoms with Crippen molar-refractivity contribution in [1.82, 2.24) is 34.8 Å². The maximum atomic E-state index is 14.0. The minimum atomic E-state index is -0.290. The molecule has 10 nitrogen and oxygen atoms in total. The molecule has 1 aliphatic rings. The molecule has 1 amide bonds. The lowest BCUT2D eigenvalue weighted by atomic mass is 9.93. The van der Waals surface area contributed by atoms with E-state index in [0.29, 0.717) is 30.1 Å². The molecule has 0 spiro atoms. The molecule has 2 aromatic heterocycles. The number of likely N-dealkylation sites (tertiary alicyclic amines) is 1. The Labute approximate surface area is 301 Å². The number of para-hydroxylation sites is 2. The summed E-state index contributed by atoms with van der Waals surface area (Å²) in [5.41, 5.74) is 5.76. The molecule has 4 aromatic carbocycles. The van der Waals surface area contributed by atoms with Crippen molar-refractivity contribution in [2.75, 3.05) is 45.7 Å². The van der Waals surface area contributed by atoms with Gasteiger partial charge in [0.05, 0.1) is 36.4 Å². The van der Waals surface area contributed by atoms with Gasteiger partial charge in [0.1, 0.15) is 23.1 Å². The molecular weight excluding hydrogens is 662 g/mol. The topological polar surface area (TPSA) is 104 Å². The number of carbonyl (C=O) groups is 1. The summed E-state index contributed by atoms with van der Waals surface area (Å²) in [5.74, 6) is 0.566. The largest absolute Gasteiger partial charge is 0.496 e. The van der Waals surface area contributed by atoms with Gasteiger partial charge in [-0.25, -0.2) is 13.8 Å². The number of carbonyl (C=O) groups excluding carboxylic acids is 1. The fourth-order valence-electron chi connectivity index (χ4n) is 7.03. The Morgan fingerprint density at radius 1 is 1.00 bits per heavy atom. The van der Waals surface area contributed by atoms with Crippen LogP contribution in [-0.4, -0.2) is 87.0 Å². The van der Waals surface area contributed by atoms with E-state index in [9.17, 15) is 13.6 Å². The van der Waals surface area contributed by atoms with E-state index in [4.69, 9.17) is 9.72 Å². The van der Waals surface area contributed by atoms with Crippen LogP contribution >= 0.6 is 0 Å². The van der Waals surface area contributed by atoms with E-state index in [1.165, 1.54) is 24.3 Å². The Morgan fingerprint density at radius 2 is 1.73 bits per heavy atom. The van der Waals surface area contributed by atoms with Gasteiger partial charge in [-0.1, -0.05) is 36.4 Å². The van der Waals surface area contributed by atoms with E-state index >= 15 is 0 Å². The number of H-pyrrole nitrogens is 1. The highest BCUT2D eigenvalue weighted by atomic mass is 19.1. The first-order valence-corrected chi connectivity index (χ1v) is 17.6. The van der Waals surface area contributed by atoms with Crippen LogP contribution in [0, 0.1) is 11.6 Å². The smallest absolute Gasteiger partial charge is 0.257 e. The molecule has 3 heterocycles. The lowest BCUT2D eigenvalue weighted by molar-refractivity contribution is 0.0778. The van der Waals surface area contributed by atoms with Gasteiger partial charge in [0, 0.05) is 44.2 Å². The summed E-state index contributed by atoms with van der Waals surface area (Å²) < 4.78 is 35.3. The molecule has 0 aliphatic carbocycles. The third-order valence-corrected chi connectivity index (χ3v) is 9.95. The van der Waals surface area contributed by atoms with E-state index in [2.05, 4.69) is 36.3 Å². The predicted molar refractivity (Wildman–Crippen MR) is 197 cm³/mol. The van der Waals surface area contributed by atoms with Gasteiger partial charge in [0.25, 0.3) is 5.91 Å². The number of nitrogens with zero attached hydrogens (tertiary/aromatic N) is 6. The quantitative estimate of drug-likeness (QED) is 0.134. The first kappa shape index (κ1) is 34.8. The second-order valence-corrected chi connectivity index (χ2v) is 13.4. The van der Waals surface area contributed by atoms with Gasteiger partial charge in [-0.3, -0.25) is 4.79 Å². The maximum absolute atomic E-state index is 14.0. The van der Waals surface area contributed by atoms with E-state index in [-0.39, 0.29) is 29.5 Å². The highest BCUT2D eigenvalue weighted by Gasteiger charge is 2.25. The Bertz CT molecular complexity index is 2090. The molecule has 52 heavy (non-hydrogen) atoms. The molecule has 1 saturated heterocycles. The number of piperidine rings is 1. The minimum Gasteiger partial charge on any atom is -0.496 e. The first-order valence-electron chi connectivity index (χ1n) is 17.6. The fourth-order valence-corrected chi connectivity index (χ4v) is 7.03. The van der Waals surface area contributed by atoms with Gasteiger partial charge >= 0.3 is 0 Å². The van der Waals surface area contributed by atoms with Crippen molar-refractivity contribution in [3.8, 4) is 17.0 Å². The van der Waals surface area contributed by atoms with E-state index in [1.54, 1.807) is 37.4 Å². The van der Waals surface area contributed by atoms with Gasteiger partial charge in [-0.2, -0.15) is 15.4 Å². The number of benzene rings is 4. The monoisotopic (exact) mass is 704 g/mol. The molecule has 0 radical (unpaired) electrons. The van der Waals surface area contributed by atoms with Crippen LogP contribution in [0.15, 0.2) is 97.2 Å². The SMILES string of the molecule is COc1ccc(-c2cn[nH]n2)cc1C(=O)N(C)CC(CCN1CCC(Nc2nc3ccccc3n2Cc2ccc(F)cc2)CC1)c1ccc(F)cc1. The third kappa shape index (κ3) is 7.97. The van der Waals surface area contributed by atoms with Crippen LogP contribution in [0.25, 0.3) is 22.3 Å². The summed E-state index contributed by atoms with van der Waals surface area (Å²) in [5, 5.41) is 14.4. The standard InChI is InChI=1S/C40H42F2N8O2/c1-48(39(51)34-23-29(11-16-38(34)52-2)36-24-43-47-46-36)26-30(28-9-14-32(42)15-10-28)17-20-49-21-18-33(19-22-49)44-40-45-35-5-3-4-6-37(35)50(40)25-27-7-12-31(41)13-8-27/h3-16,23-24,30,33H,17-22,25-26H2,1-2H3,(H,44,45)(H,43,46,47). The molecule has 7 rings (SSSR count). The lowest BCUT2D eigenvalue weighted by Crippen LogP contribution is -2.40. The van der Waals surface area contributed by atoms with Gasteiger partial charge in [-0.05, 0) is 91.5 Å². The van der Waals surface area contributed by atoms with E-state index in [1.807, 2.05) is 48.5 Å². The molecule has 1 atom stereocenters. The molecule has 0 saturated carbocycles. The highest BCUT2D eigenvalue weighted by Crippen LogP contribution is 2.29. The van der Waals surface area contributed by atoms with Gasteiger partial charge < -0.3 is 24.4 Å². The zero-order valence-corrected chi connectivity index (χ0v) is 29.3. The normalized spacial score (nSPS) is 14.4. The van der Waals surface area contributed by atoms with Crippen molar-refractivity contribution in [2.24, 2.45) is 0 Å². The number of hydrogen-bond acceptors (Lipinski definition) is 7. The molecule has 268 valence electrons. The minimum absolute atomic E-state index is 0.0125. The van der Waals surface area contributed by atoms with Crippen molar-refractivity contribution < 1.29 is 18.3 Å². The van der Waals surface area contributed by atoms with E-state index in [0.717, 1.165) is 72.6 Å². The molecule has 12 heteroatoms. The van der Waals surface area contributed by atoms with Crippen LogP contribution in [0.4, 0.5) is 14.7 Å². The second-order valence-electron chi connectivity index (χ2n) is 13.4. The number of rotatable bonds is 13. The third-order valence-electron chi connectivity index (χ3n) is 9.95. The number of amides is 1. The summed E-state index contributed by atoms with van der Waals surface area (Å²) in [6.45, 7) is 3.69. The average Bonchev–Trinajstić information content (AvgIpc) is 3.83. The maximum Gasteiger partial charge on any atom is 0.257 e. The van der Waals surface area contributed by atoms with Crippen LogP contribution in [0.5, 0.6) is 5.75 Å². The zero-order valence-electron chi connectivity index (χ0n) is 29.3. The Balaban J connectivity index is 1.000. The summed E-state index contributed by atoms with van der Waals surface area (Å²) in [4.78, 5) is 23.0. The van der Waals surface area contributed by atoms with Gasteiger partial charge in [-0.15, -0.1) is 0 Å². The number of nitrogens with one attached hydrogen (secondary N) is 2. The number of ether oxygens (including phenoxy) is 1. The van der Waals surface area contributed by atoms with Crippen molar-refractivity contribution in [3.05, 3.63) is 126 Å². The highest BCUT2D eigenvalue weighted by molar-refractivity contribution is 5.98. The van der Waals surface area contributed by atoms with Crippen LogP contribution in [0.2, 0.25) is 0 Å². The number of anilines is 1. The van der Waals surface area contributed by atoms with Crippen LogP contribution in [0.1, 0.15) is 46.7 Å². The number of halogens is 2. The second kappa shape index (κ2) is 15.7. The lowest BCUT2D eigenvalue weighted by Gasteiger charge is -2.34. The number of imidazole rings is 1. The number of fused-ring (bicyclic) bond motifs is 1. The molecule has 6 aromatic rings. The number of methoxy groups -OCH3 is 1. The summed E-state index contributed by atoms with van der Waals surface area (Å²) in [7, 11) is 3.34. The van der Waals surface area contributed by atoms with Crippen molar-refractivity contribution in [1.29, 1.82) is 0 Å². The zero-order chi connectivity index (χ0) is 36.0. The summed E-state index contributed by atoms with van der Waals surface area (Å²) >= 11 is 0. The van der Waals surface area contributed by atoms with Crippen molar-refractivity contribution >= 4 is 22.9 Å². The van der Waals surface area contributed by atoms with Crippen molar-refractivity contribution in [3.63, 3.8) is 0 Å². The Hall–Kier alpha value is -5.62. The number of hydrogen-bond donors (Lipinski definition) is 2. The number of aromatic amines is 1.